The van der Waals surface area contributed by atoms with E-state index in [-0.39, 0.29) is 17.2 Å². The molecule has 2 aromatic rings. The first-order chi connectivity index (χ1) is 12.4. The van der Waals surface area contributed by atoms with E-state index >= 15 is 0 Å². The van der Waals surface area contributed by atoms with Crippen molar-refractivity contribution in [1.82, 2.24) is 10.2 Å². The number of halogens is 2. The molecule has 0 N–H and O–H groups in total. The van der Waals surface area contributed by atoms with Crippen LogP contribution in [0.3, 0.4) is 0 Å². The lowest BCUT2D eigenvalue weighted by Gasteiger charge is -2.37. The molecular weight excluding hydrogens is 338 g/mol. The molecule has 1 saturated carbocycles. The van der Waals surface area contributed by atoms with Gasteiger partial charge in [-0.1, -0.05) is 19.9 Å². The zero-order chi connectivity index (χ0) is 18.7. The fourth-order valence-corrected chi connectivity index (χ4v) is 5.19. The van der Waals surface area contributed by atoms with E-state index in [0.29, 0.717) is 24.8 Å². The van der Waals surface area contributed by atoms with Gasteiger partial charge in [0, 0.05) is 0 Å². The highest BCUT2D eigenvalue weighted by Gasteiger charge is 2.68. The summed E-state index contributed by atoms with van der Waals surface area (Å²) in [5.74, 6) is -1.89. The van der Waals surface area contributed by atoms with Gasteiger partial charge in [0.05, 0.1) is 22.4 Å². The number of ketones is 1. The molecular formula is C20H18F2N2O2. The minimum atomic E-state index is -0.983. The molecule has 0 spiro atoms. The Labute approximate surface area is 149 Å². The van der Waals surface area contributed by atoms with Crippen molar-refractivity contribution in [3.63, 3.8) is 0 Å². The minimum Gasteiger partial charge on any atom is -0.295 e. The van der Waals surface area contributed by atoms with Crippen LogP contribution in [-0.2, 0) is 15.0 Å². The summed E-state index contributed by atoms with van der Waals surface area (Å²) in [5, 5.41) is 8.25. The highest BCUT2D eigenvalue weighted by atomic mass is 19.1. The van der Waals surface area contributed by atoms with E-state index in [0.717, 1.165) is 12.0 Å². The molecule has 1 unspecified atom stereocenters. The smallest absolute Gasteiger partial charge is 0.207 e. The SMILES string of the molecule is CCC1(C)[C@H]2CC[C@]1(C(=O)C=O)c1nnc(-c3c(F)cccc3F)cc12. The molecule has 3 atom stereocenters. The molecule has 2 aliphatic rings. The van der Waals surface area contributed by atoms with Gasteiger partial charge in [0.15, 0.2) is 6.29 Å². The van der Waals surface area contributed by atoms with E-state index in [2.05, 4.69) is 10.2 Å². The fraction of sp³-hybridized carbons (Fsp3) is 0.400. The number of fused-ring (bicyclic) bond motifs is 5. The summed E-state index contributed by atoms with van der Waals surface area (Å²) in [6.07, 6.45) is 2.35. The summed E-state index contributed by atoms with van der Waals surface area (Å²) in [4.78, 5) is 24.0. The van der Waals surface area contributed by atoms with E-state index in [1.165, 1.54) is 18.2 Å². The van der Waals surface area contributed by atoms with Crippen LogP contribution in [0.5, 0.6) is 0 Å². The maximum atomic E-state index is 14.1. The van der Waals surface area contributed by atoms with Crippen LogP contribution in [0.15, 0.2) is 24.3 Å². The zero-order valence-corrected chi connectivity index (χ0v) is 14.6. The van der Waals surface area contributed by atoms with Crippen LogP contribution in [0.4, 0.5) is 8.78 Å². The number of nitrogens with zero attached hydrogens (tertiary/aromatic N) is 2. The molecule has 134 valence electrons. The van der Waals surface area contributed by atoms with Crippen molar-refractivity contribution < 1.29 is 18.4 Å². The van der Waals surface area contributed by atoms with Crippen LogP contribution in [0.25, 0.3) is 11.3 Å². The van der Waals surface area contributed by atoms with Gasteiger partial charge in [0.1, 0.15) is 11.6 Å². The second-order valence-electron chi connectivity index (χ2n) is 7.38. The average molecular weight is 356 g/mol. The molecule has 1 fully saturated rings. The number of benzene rings is 1. The Bertz CT molecular complexity index is 925. The van der Waals surface area contributed by atoms with Gasteiger partial charge in [-0.2, -0.15) is 5.10 Å². The molecule has 0 radical (unpaired) electrons. The normalized spacial score (nSPS) is 28.8. The van der Waals surface area contributed by atoms with Crippen molar-refractivity contribution in [2.24, 2.45) is 5.41 Å². The molecule has 0 amide bonds. The topological polar surface area (TPSA) is 59.9 Å². The Balaban J connectivity index is 1.95. The molecule has 4 nitrogen and oxygen atoms in total. The second kappa shape index (κ2) is 5.50. The van der Waals surface area contributed by atoms with Crippen molar-refractivity contribution in [2.45, 2.75) is 44.4 Å². The van der Waals surface area contributed by atoms with Gasteiger partial charge in [-0.3, -0.25) is 9.59 Å². The second-order valence-corrected chi connectivity index (χ2v) is 7.38. The summed E-state index contributed by atoms with van der Waals surface area (Å²) in [6.45, 7) is 3.99. The summed E-state index contributed by atoms with van der Waals surface area (Å²) in [7, 11) is 0. The third-order valence-corrected chi connectivity index (χ3v) is 6.64. The van der Waals surface area contributed by atoms with Gasteiger partial charge >= 0.3 is 0 Å². The summed E-state index contributed by atoms with van der Waals surface area (Å²) >= 11 is 0. The van der Waals surface area contributed by atoms with Gasteiger partial charge in [-0.15, -0.1) is 5.10 Å². The van der Waals surface area contributed by atoms with E-state index < -0.39 is 28.2 Å². The maximum absolute atomic E-state index is 14.1. The summed E-state index contributed by atoms with van der Waals surface area (Å²) in [5.41, 5.74) is -0.269. The van der Waals surface area contributed by atoms with Gasteiger partial charge in [-0.25, -0.2) is 8.78 Å². The van der Waals surface area contributed by atoms with E-state index in [1.54, 1.807) is 6.07 Å². The molecule has 0 saturated heterocycles. The molecule has 2 aliphatic carbocycles. The third kappa shape index (κ3) is 1.82. The Morgan fingerprint density at radius 1 is 1.31 bits per heavy atom. The highest BCUT2D eigenvalue weighted by Crippen LogP contribution is 2.69. The molecule has 1 heterocycles. The average Bonchev–Trinajstić information content (AvgIpc) is 3.06. The van der Waals surface area contributed by atoms with Crippen LogP contribution in [-0.4, -0.2) is 22.3 Å². The number of aromatic nitrogens is 2. The van der Waals surface area contributed by atoms with Gasteiger partial charge < -0.3 is 0 Å². The van der Waals surface area contributed by atoms with Crippen molar-refractivity contribution in [3.8, 4) is 11.3 Å². The van der Waals surface area contributed by atoms with Crippen LogP contribution in [0.2, 0.25) is 0 Å². The predicted molar refractivity (Wildman–Crippen MR) is 90.5 cm³/mol. The highest BCUT2D eigenvalue weighted by molar-refractivity contribution is 6.30. The lowest BCUT2D eigenvalue weighted by atomic mass is 9.63. The molecule has 1 aromatic carbocycles. The first-order valence-electron chi connectivity index (χ1n) is 8.72. The Morgan fingerprint density at radius 3 is 2.62 bits per heavy atom. The first-order valence-corrected chi connectivity index (χ1v) is 8.72. The first kappa shape index (κ1) is 16.9. The number of carbonyl (C=O) groups is 2. The molecule has 6 heteroatoms. The summed E-state index contributed by atoms with van der Waals surface area (Å²) in [6, 6.07) is 5.28. The molecule has 1 aromatic heterocycles. The molecule has 0 aliphatic heterocycles. The van der Waals surface area contributed by atoms with Gasteiger partial charge in [0.2, 0.25) is 5.78 Å². The van der Waals surface area contributed by atoms with Crippen LogP contribution >= 0.6 is 0 Å². The quantitative estimate of drug-likeness (QED) is 0.619. The predicted octanol–water partition coefficient (Wildman–Crippen LogP) is 3.73. The number of carbonyl (C=O) groups excluding carboxylic acids is 2. The molecule has 26 heavy (non-hydrogen) atoms. The van der Waals surface area contributed by atoms with Crippen molar-refractivity contribution in [2.75, 3.05) is 0 Å². The standard InChI is InChI=1S/C20H18F2N2O2/c1-3-19(2)12-7-8-20(19,16(26)10-25)18-11(12)9-15(23-24-18)17-13(21)5-4-6-14(17)22/h4-6,9-10,12H,3,7-8H2,1-2H3/t12-,19?,20-/m0/s1. The molecule has 2 bridgehead atoms. The summed E-state index contributed by atoms with van der Waals surface area (Å²) < 4.78 is 28.3. The van der Waals surface area contributed by atoms with E-state index in [4.69, 9.17) is 0 Å². The van der Waals surface area contributed by atoms with Crippen molar-refractivity contribution >= 4 is 12.1 Å². The van der Waals surface area contributed by atoms with E-state index in [9.17, 15) is 18.4 Å². The van der Waals surface area contributed by atoms with Crippen LogP contribution < -0.4 is 0 Å². The maximum Gasteiger partial charge on any atom is 0.207 e. The number of hydrogen-bond acceptors (Lipinski definition) is 4. The number of aldehydes is 1. The monoisotopic (exact) mass is 356 g/mol. The number of Topliss-reactive ketones (excluding diaryl/α,β-unsaturated/α-hetero) is 1. The Hall–Kier alpha value is -2.50. The van der Waals surface area contributed by atoms with Gasteiger partial charge in [-0.05, 0) is 54.4 Å². The lowest BCUT2D eigenvalue weighted by Crippen LogP contribution is -2.45. The van der Waals surface area contributed by atoms with Crippen molar-refractivity contribution in [3.05, 3.63) is 47.2 Å². The van der Waals surface area contributed by atoms with Gasteiger partial charge in [0.25, 0.3) is 0 Å². The fourth-order valence-electron chi connectivity index (χ4n) is 5.19. The lowest BCUT2D eigenvalue weighted by molar-refractivity contribution is -0.136. The number of rotatable bonds is 4. The largest absolute Gasteiger partial charge is 0.295 e. The van der Waals surface area contributed by atoms with Crippen LogP contribution in [0, 0.1) is 17.0 Å². The molecule has 4 rings (SSSR count). The Morgan fingerprint density at radius 2 is 2.00 bits per heavy atom. The number of hydrogen-bond donors (Lipinski definition) is 0. The minimum absolute atomic E-state index is 0.00971. The Kier molecular flexibility index (Phi) is 3.58. The van der Waals surface area contributed by atoms with Crippen LogP contribution in [0.1, 0.15) is 50.3 Å². The van der Waals surface area contributed by atoms with Crippen molar-refractivity contribution in [1.29, 1.82) is 0 Å². The van der Waals surface area contributed by atoms with E-state index in [1.807, 2.05) is 13.8 Å². The third-order valence-electron chi connectivity index (χ3n) is 6.64. The zero-order valence-electron chi connectivity index (χ0n) is 14.6.